The summed E-state index contributed by atoms with van der Waals surface area (Å²) in [5.74, 6) is 2.64. The minimum atomic E-state index is -0.364. The van der Waals surface area contributed by atoms with E-state index in [1.165, 1.54) is 18.2 Å². The predicted molar refractivity (Wildman–Crippen MR) is 107 cm³/mol. The summed E-state index contributed by atoms with van der Waals surface area (Å²) in [6.07, 6.45) is 7.04. The zero-order valence-electron chi connectivity index (χ0n) is 15.7. The van der Waals surface area contributed by atoms with E-state index >= 15 is 0 Å². The normalized spacial score (nSPS) is 21.1. The van der Waals surface area contributed by atoms with Crippen molar-refractivity contribution in [2.45, 2.75) is 31.4 Å². The Morgan fingerprint density at radius 3 is 2.68 bits per heavy atom. The minimum Gasteiger partial charge on any atom is -0.507 e. The van der Waals surface area contributed by atoms with Crippen molar-refractivity contribution < 1.29 is 14.2 Å². The molecule has 1 aliphatic rings. The van der Waals surface area contributed by atoms with Gasteiger partial charge in [-0.25, -0.2) is 4.39 Å². The van der Waals surface area contributed by atoms with E-state index in [1.54, 1.807) is 25.3 Å². The molecular weight excluding hydrogens is 357 g/mol. The molecule has 0 saturated heterocycles. The molecule has 5 nitrogen and oxygen atoms in total. The first-order chi connectivity index (χ1) is 13.4. The number of hydrogen-bond donors (Lipinski definition) is 2. The van der Waals surface area contributed by atoms with Gasteiger partial charge in [0.05, 0.1) is 5.60 Å². The number of nitrogens with one attached hydrogen (secondary N) is 1. The molecule has 0 spiro atoms. The molecule has 142 valence electrons. The Labute approximate surface area is 162 Å². The minimum absolute atomic E-state index is 0.00550. The van der Waals surface area contributed by atoms with E-state index in [2.05, 4.69) is 28.4 Å². The first-order valence-electron chi connectivity index (χ1n) is 9.00. The fourth-order valence-electron chi connectivity index (χ4n) is 3.70. The summed E-state index contributed by atoms with van der Waals surface area (Å²) in [5.41, 5.74) is 1.38. The third-order valence-corrected chi connectivity index (χ3v) is 5.35. The fourth-order valence-corrected chi connectivity index (χ4v) is 3.70. The summed E-state index contributed by atoms with van der Waals surface area (Å²) in [4.78, 5) is 0. The van der Waals surface area contributed by atoms with Gasteiger partial charge in [-0.3, -0.25) is 0 Å². The Balaban J connectivity index is 1.76. The van der Waals surface area contributed by atoms with Crippen molar-refractivity contribution in [1.82, 2.24) is 10.2 Å². The molecule has 28 heavy (non-hydrogen) atoms. The fraction of sp³-hybridized carbons (Fsp3) is 0.273. The molecule has 4 rings (SSSR count). The van der Waals surface area contributed by atoms with Crippen LogP contribution >= 0.6 is 0 Å². The summed E-state index contributed by atoms with van der Waals surface area (Å²) >= 11 is 0. The largest absolute Gasteiger partial charge is 0.507 e. The van der Waals surface area contributed by atoms with Crippen molar-refractivity contribution in [1.29, 1.82) is 0 Å². The molecule has 0 amide bonds. The second-order valence-electron chi connectivity index (χ2n) is 7.37. The van der Waals surface area contributed by atoms with Crippen LogP contribution in [0.3, 0.4) is 0 Å². The van der Waals surface area contributed by atoms with Gasteiger partial charge in [0.15, 0.2) is 5.82 Å². The molecule has 6 heteroatoms. The molecule has 0 aliphatic heterocycles. The van der Waals surface area contributed by atoms with Gasteiger partial charge in [0, 0.05) is 35.1 Å². The van der Waals surface area contributed by atoms with Crippen LogP contribution in [-0.2, 0) is 4.74 Å². The van der Waals surface area contributed by atoms with E-state index in [4.69, 9.17) is 11.2 Å². The summed E-state index contributed by atoms with van der Waals surface area (Å²) in [7, 11) is 1.70. The van der Waals surface area contributed by atoms with Gasteiger partial charge in [-0.05, 0) is 56.2 Å². The number of nitrogens with zero attached hydrogens (tertiary/aromatic N) is 2. The molecule has 3 aromatic rings. The lowest BCUT2D eigenvalue weighted by molar-refractivity contribution is -0.0625. The second kappa shape index (κ2) is 6.77. The highest BCUT2D eigenvalue weighted by Gasteiger charge is 2.40. The van der Waals surface area contributed by atoms with E-state index in [9.17, 15) is 9.50 Å². The highest BCUT2D eigenvalue weighted by Crippen LogP contribution is 2.39. The van der Waals surface area contributed by atoms with Gasteiger partial charge in [-0.2, -0.15) is 0 Å². The number of anilines is 1. The summed E-state index contributed by atoms with van der Waals surface area (Å²) < 4.78 is 19.5. The lowest BCUT2D eigenvalue weighted by Gasteiger charge is -2.44. The maximum Gasteiger partial charge on any atom is 0.156 e. The van der Waals surface area contributed by atoms with E-state index in [1.807, 2.05) is 0 Å². The average Bonchev–Trinajstić information content (AvgIpc) is 2.67. The van der Waals surface area contributed by atoms with Crippen LogP contribution < -0.4 is 5.32 Å². The van der Waals surface area contributed by atoms with E-state index < -0.39 is 0 Å². The van der Waals surface area contributed by atoms with Gasteiger partial charge in [0.25, 0.3) is 0 Å². The van der Waals surface area contributed by atoms with Gasteiger partial charge in [-0.15, -0.1) is 16.6 Å². The first kappa shape index (κ1) is 18.2. The molecule has 1 aliphatic carbocycles. The molecule has 1 saturated carbocycles. The number of benzene rings is 2. The maximum absolute atomic E-state index is 14.0. The van der Waals surface area contributed by atoms with Gasteiger partial charge in [-0.1, -0.05) is 5.92 Å². The number of halogens is 1. The predicted octanol–water partition coefficient (Wildman–Crippen LogP) is 4.10. The van der Waals surface area contributed by atoms with Crippen LogP contribution in [0.15, 0.2) is 36.4 Å². The Bertz CT molecular complexity index is 1100. The Morgan fingerprint density at radius 2 is 2.00 bits per heavy atom. The molecular formula is C22H20FN3O2. The van der Waals surface area contributed by atoms with Crippen LogP contribution in [0.2, 0.25) is 0 Å². The molecule has 1 fully saturated rings. The van der Waals surface area contributed by atoms with E-state index in [-0.39, 0.29) is 23.2 Å². The van der Waals surface area contributed by atoms with Crippen molar-refractivity contribution in [3.05, 3.63) is 47.8 Å². The Morgan fingerprint density at radius 1 is 1.21 bits per heavy atom. The first-order valence-corrected chi connectivity index (χ1v) is 9.00. The molecule has 0 atom stereocenters. The summed E-state index contributed by atoms with van der Waals surface area (Å²) in [5, 5.41) is 23.6. The molecule has 1 aromatic heterocycles. The number of aromatic hydroxyl groups is 1. The van der Waals surface area contributed by atoms with Crippen molar-refractivity contribution >= 4 is 16.6 Å². The number of rotatable bonds is 4. The number of ether oxygens (including phenoxy) is 1. The summed E-state index contributed by atoms with van der Waals surface area (Å²) in [6.45, 7) is 2.06. The second-order valence-corrected chi connectivity index (χ2v) is 7.37. The average molecular weight is 377 g/mol. The molecule has 0 bridgehead atoms. The zero-order valence-corrected chi connectivity index (χ0v) is 15.7. The molecule has 0 unspecified atom stereocenters. The van der Waals surface area contributed by atoms with Gasteiger partial charge in [0.2, 0.25) is 0 Å². The van der Waals surface area contributed by atoms with Crippen LogP contribution in [0.1, 0.15) is 25.3 Å². The van der Waals surface area contributed by atoms with E-state index in [0.29, 0.717) is 33.4 Å². The number of phenols is 1. The molecule has 2 aromatic carbocycles. The van der Waals surface area contributed by atoms with E-state index in [0.717, 1.165) is 12.8 Å². The van der Waals surface area contributed by atoms with Crippen LogP contribution in [0.25, 0.3) is 22.0 Å². The van der Waals surface area contributed by atoms with Gasteiger partial charge < -0.3 is 15.2 Å². The van der Waals surface area contributed by atoms with Crippen molar-refractivity contribution in [2.24, 2.45) is 0 Å². The highest BCUT2D eigenvalue weighted by atomic mass is 19.1. The third kappa shape index (κ3) is 3.14. The lowest BCUT2D eigenvalue weighted by Crippen LogP contribution is -2.49. The topological polar surface area (TPSA) is 67.3 Å². The highest BCUT2D eigenvalue weighted by molar-refractivity contribution is 6.01. The third-order valence-electron chi connectivity index (χ3n) is 5.35. The number of methoxy groups -OCH3 is 1. The number of phenolic OH excluding ortho intramolecular Hbond substituents is 1. The van der Waals surface area contributed by atoms with Crippen molar-refractivity contribution in [2.75, 3.05) is 12.4 Å². The number of hydrogen-bond acceptors (Lipinski definition) is 5. The Kier molecular flexibility index (Phi) is 4.40. The lowest BCUT2D eigenvalue weighted by atomic mass is 9.77. The van der Waals surface area contributed by atoms with Crippen LogP contribution in [-0.4, -0.2) is 34.1 Å². The summed E-state index contributed by atoms with van der Waals surface area (Å²) in [6, 6.07) is 9.54. The standard InChI is InChI=1S/C22H20FN3O2/c1-4-13-5-7-17(19(27)9-13)20-16-8-6-14(23)10-18(16)21(26-25-20)24-15-11-22(2,12-15)28-3/h1,5-10,15,27H,11-12H2,2-3H3,(H,24,26). The number of terminal acetylenes is 1. The van der Waals surface area contributed by atoms with Crippen LogP contribution in [0.5, 0.6) is 5.75 Å². The van der Waals surface area contributed by atoms with Crippen LogP contribution in [0.4, 0.5) is 10.2 Å². The zero-order chi connectivity index (χ0) is 19.9. The van der Waals surface area contributed by atoms with Crippen LogP contribution in [0, 0.1) is 18.2 Å². The SMILES string of the molecule is C#Cc1ccc(-c2nnc(NC3CC(C)(OC)C3)c3cc(F)ccc23)c(O)c1. The quantitative estimate of drug-likeness (QED) is 0.670. The molecule has 1 heterocycles. The maximum atomic E-state index is 14.0. The smallest absolute Gasteiger partial charge is 0.156 e. The molecule has 0 radical (unpaired) electrons. The van der Waals surface area contributed by atoms with Crippen molar-refractivity contribution in [3.8, 4) is 29.4 Å². The monoisotopic (exact) mass is 377 g/mol. The Hall–Kier alpha value is -3.17. The van der Waals surface area contributed by atoms with Crippen molar-refractivity contribution in [3.63, 3.8) is 0 Å². The molecule has 2 N–H and O–H groups in total. The van der Waals surface area contributed by atoms with Gasteiger partial charge >= 0.3 is 0 Å². The number of aromatic nitrogens is 2. The number of fused-ring (bicyclic) bond motifs is 1. The van der Waals surface area contributed by atoms with Gasteiger partial charge in [0.1, 0.15) is 17.3 Å².